The Balaban J connectivity index is 2.09. The molecule has 1 aliphatic heterocycles. The molecule has 3 rings (SSSR count). The van der Waals surface area contributed by atoms with Crippen LogP contribution in [0, 0.1) is 13.8 Å². The molecule has 0 aromatic heterocycles. The number of aryl methyl sites for hydroxylation is 1. The average Bonchev–Trinajstić information content (AvgIpc) is 2.41. The Bertz CT molecular complexity index is 590. The van der Waals surface area contributed by atoms with E-state index in [0.29, 0.717) is 0 Å². The molecule has 1 aliphatic rings. The maximum Gasteiger partial charge on any atom is 0.143 e. The van der Waals surface area contributed by atoms with Gasteiger partial charge in [0.15, 0.2) is 0 Å². The van der Waals surface area contributed by atoms with Gasteiger partial charge in [-0.1, -0.05) is 24.3 Å². The van der Waals surface area contributed by atoms with Crippen LogP contribution in [-0.2, 0) is 0 Å². The second-order valence-electron chi connectivity index (χ2n) is 4.73. The van der Waals surface area contributed by atoms with Gasteiger partial charge in [-0.15, -0.1) is 0 Å². The fourth-order valence-corrected chi connectivity index (χ4v) is 2.37. The van der Waals surface area contributed by atoms with Gasteiger partial charge in [0, 0.05) is 6.54 Å². The fraction of sp³-hybridized carbons (Fsp3) is 0.250. The summed E-state index contributed by atoms with van der Waals surface area (Å²) in [5.41, 5.74) is 6.26. The summed E-state index contributed by atoms with van der Waals surface area (Å²) < 4.78 is 5.69. The van der Waals surface area contributed by atoms with Gasteiger partial charge in [-0.25, -0.2) is 0 Å². The summed E-state index contributed by atoms with van der Waals surface area (Å²) in [6.07, 6.45) is 0. The minimum Gasteiger partial charge on any atom is -0.490 e. The third-order valence-corrected chi connectivity index (χ3v) is 3.57. The average molecular weight is 239 g/mol. The lowest BCUT2D eigenvalue weighted by Crippen LogP contribution is -2.17. The van der Waals surface area contributed by atoms with E-state index in [1.807, 2.05) is 0 Å². The molecule has 1 heterocycles. The molecular weight excluding hydrogens is 222 g/mol. The van der Waals surface area contributed by atoms with Crippen molar-refractivity contribution in [3.05, 3.63) is 47.5 Å². The van der Waals surface area contributed by atoms with Gasteiger partial charge in [0.1, 0.15) is 12.4 Å². The summed E-state index contributed by atoms with van der Waals surface area (Å²) in [6.45, 7) is 5.94. The molecule has 2 aromatic carbocycles. The van der Waals surface area contributed by atoms with Crippen molar-refractivity contribution in [3.63, 3.8) is 0 Å². The Kier molecular flexibility index (Phi) is 2.71. The molecule has 0 atom stereocenters. The van der Waals surface area contributed by atoms with Crippen LogP contribution < -0.4 is 10.1 Å². The molecule has 0 saturated heterocycles. The van der Waals surface area contributed by atoms with Crippen LogP contribution in [0.1, 0.15) is 11.1 Å². The third kappa shape index (κ3) is 1.84. The number of ether oxygens (including phenoxy) is 1. The van der Waals surface area contributed by atoms with Crippen molar-refractivity contribution in [1.82, 2.24) is 0 Å². The van der Waals surface area contributed by atoms with E-state index in [-0.39, 0.29) is 0 Å². The van der Waals surface area contributed by atoms with Crippen LogP contribution in [0.2, 0.25) is 0 Å². The number of hydrogen-bond donors (Lipinski definition) is 1. The van der Waals surface area contributed by atoms with Crippen LogP contribution in [0.3, 0.4) is 0 Å². The van der Waals surface area contributed by atoms with Crippen molar-refractivity contribution < 1.29 is 4.74 Å². The van der Waals surface area contributed by atoms with E-state index in [9.17, 15) is 0 Å². The Hall–Kier alpha value is -1.96. The first kappa shape index (κ1) is 11.1. The van der Waals surface area contributed by atoms with Gasteiger partial charge in [-0.2, -0.15) is 0 Å². The van der Waals surface area contributed by atoms with Crippen LogP contribution in [0.4, 0.5) is 5.69 Å². The monoisotopic (exact) mass is 239 g/mol. The molecule has 0 spiro atoms. The number of nitrogens with one attached hydrogen (secondary N) is 1. The molecule has 0 fully saturated rings. The number of hydrogen-bond acceptors (Lipinski definition) is 2. The number of benzene rings is 2. The molecule has 18 heavy (non-hydrogen) atoms. The first-order valence-electron chi connectivity index (χ1n) is 6.33. The highest BCUT2D eigenvalue weighted by Gasteiger charge is 2.11. The van der Waals surface area contributed by atoms with E-state index in [1.54, 1.807) is 0 Å². The van der Waals surface area contributed by atoms with Gasteiger partial charge in [0.2, 0.25) is 0 Å². The van der Waals surface area contributed by atoms with Crippen LogP contribution in [0.15, 0.2) is 36.4 Å². The predicted octanol–water partition coefficient (Wildman–Crippen LogP) is 3.77. The van der Waals surface area contributed by atoms with Crippen molar-refractivity contribution in [1.29, 1.82) is 0 Å². The zero-order valence-electron chi connectivity index (χ0n) is 10.8. The molecule has 0 radical (unpaired) electrons. The minimum atomic E-state index is 0.739. The van der Waals surface area contributed by atoms with Crippen molar-refractivity contribution in [3.8, 4) is 16.9 Å². The smallest absolute Gasteiger partial charge is 0.143 e. The van der Waals surface area contributed by atoms with E-state index < -0.39 is 0 Å². The summed E-state index contributed by atoms with van der Waals surface area (Å²) in [5, 5.41) is 3.34. The SMILES string of the molecule is Cc1cccc(-c2ccc3c(c2)OCCN3)c1C. The van der Waals surface area contributed by atoms with E-state index in [4.69, 9.17) is 4.74 Å². The Labute approximate surface area is 108 Å². The summed E-state index contributed by atoms with van der Waals surface area (Å²) in [5.74, 6) is 0.958. The first-order valence-corrected chi connectivity index (χ1v) is 6.33. The molecule has 2 aromatic rings. The van der Waals surface area contributed by atoms with Gasteiger partial charge >= 0.3 is 0 Å². The Morgan fingerprint density at radius 2 is 2.00 bits per heavy atom. The molecule has 92 valence electrons. The van der Waals surface area contributed by atoms with E-state index in [2.05, 4.69) is 55.6 Å². The van der Waals surface area contributed by atoms with Gasteiger partial charge in [-0.3, -0.25) is 0 Å². The van der Waals surface area contributed by atoms with E-state index >= 15 is 0 Å². The molecule has 2 nitrogen and oxygen atoms in total. The van der Waals surface area contributed by atoms with Gasteiger partial charge in [0.05, 0.1) is 5.69 Å². The van der Waals surface area contributed by atoms with Crippen LogP contribution in [0.25, 0.3) is 11.1 Å². The summed E-state index contributed by atoms with van der Waals surface area (Å²) in [7, 11) is 0. The minimum absolute atomic E-state index is 0.739. The molecule has 0 amide bonds. The van der Waals surface area contributed by atoms with Crippen molar-refractivity contribution in [2.45, 2.75) is 13.8 Å². The van der Waals surface area contributed by atoms with Gasteiger partial charge < -0.3 is 10.1 Å². The Morgan fingerprint density at radius 3 is 2.89 bits per heavy atom. The molecule has 1 N–H and O–H groups in total. The summed E-state index contributed by atoms with van der Waals surface area (Å²) in [4.78, 5) is 0. The van der Waals surface area contributed by atoms with Crippen LogP contribution in [0.5, 0.6) is 5.75 Å². The van der Waals surface area contributed by atoms with E-state index in [0.717, 1.165) is 24.6 Å². The van der Waals surface area contributed by atoms with Gasteiger partial charge in [-0.05, 0) is 48.2 Å². The molecule has 0 saturated carbocycles. The number of anilines is 1. The lowest BCUT2D eigenvalue weighted by molar-refractivity contribution is 0.323. The molecular formula is C16H17NO. The van der Waals surface area contributed by atoms with Gasteiger partial charge in [0.25, 0.3) is 0 Å². The quantitative estimate of drug-likeness (QED) is 0.817. The maximum atomic E-state index is 5.69. The molecule has 0 unspecified atom stereocenters. The highest BCUT2D eigenvalue weighted by Crippen LogP contribution is 2.34. The highest BCUT2D eigenvalue weighted by molar-refractivity contribution is 5.74. The first-order chi connectivity index (χ1) is 8.75. The van der Waals surface area contributed by atoms with Crippen molar-refractivity contribution in [2.24, 2.45) is 0 Å². The second kappa shape index (κ2) is 4.37. The summed E-state index contributed by atoms with van der Waals surface area (Å²) >= 11 is 0. The second-order valence-corrected chi connectivity index (χ2v) is 4.73. The maximum absolute atomic E-state index is 5.69. The highest BCUT2D eigenvalue weighted by atomic mass is 16.5. The van der Waals surface area contributed by atoms with Crippen molar-refractivity contribution in [2.75, 3.05) is 18.5 Å². The van der Waals surface area contributed by atoms with Crippen LogP contribution >= 0.6 is 0 Å². The topological polar surface area (TPSA) is 21.3 Å². The molecule has 0 aliphatic carbocycles. The van der Waals surface area contributed by atoms with Crippen LogP contribution in [-0.4, -0.2) is 13.2 Å². The number of rotatable bonds is 1. The summed E-state index contributed by atoms with van der Waals surface area (Å²) in [6, 6.07) is 12.8. The largest absolute Gasteiger partial charge is 0.490 e. The predicted molar refractivity (Wildman–Crippen MR) is 75.3 cm³/mol. The normalized spacial score (nSPS) is 13.4. The lowest BCUT2D eigenvalue weighted by atomic mass is 9.96. The number of fused-ring (bicyclic) bond motifs is 1. The molecule has 2 heteroatoms. The van der Waals surface area contributed by atoms with E-state index in [1.165, 1.54) is 22.3 Å². The Morgan fingerprint density at radius 1 is 1.11 bits per heavy atom. The zero-order chi connectivity index (χ0) is 12.5. The molecule has 0 bridgehead atoms. The third-order valence-electron chi connectivity index (χ3n) is 3.57. The fourth-order valence-electron chi connectivity index (χ4n) is 2.37. The lowest BCUT2D eigenvalue weighted by Gasteiger charge is -2.20. The van der Waals surface area contributed by atoms with Crippen molar-refractivity contribution >= 4 is 5.69 Å². The standard InChI is InChI=1S/C16H17NO/c1-11-4-3-5-14(12(11)2)13-6-7-15-16(10-13)18-9-8-17-15/h3-7,10,17H,8-9H2,1-2H3. The zero-order valence-corrected chi connectivity index (χ0v) is 10.8.